The molecule has 1 nitrogen and oxygen atoms in total. The molecule has 29 heavy (non-hydrogen) atoms. The van der Waals surface area contributed by atoms with Crippen LogP contribution in [0.4, 0.5) is 8.78 Å². The standard InChI is InChI=1S/C26H30F2O/c1-3-5-19-6-8-20(9-7-19)10-15-24-25(27)17-22(18-26(24)28)21-11-13-23(14-12-21)29-16-4-2/h11-14,17-20H,3-9,16H2,1-2H3/t19-,20-. The Bertz CT molecular complexity index is 830. The highest BCUT2D eigenvalue weighted by molar-refractivity contribution is 5.65. The predicted molar refractivity (Wildman–Crippen MR) is 115 cm³/mol. The summed E-state index contributed by atoms with van der Waals surface area (Å²) in [6.45, 7) is 4.91. The fourth-order valence-corrected chi connectivity index (χ4v) is 4.00. The van der Waals surface area contributed by atoms with Crippen molar-refractivity contribution in [2.24, 2.45) is 11.8 Å². The van der Waals surface area contributed by atoms with E-state index in [-0.39, 0.29) is 11.5 Å². The van der Waals surface area contributed by atoms with Gasteiger partial charge in [0, 0.05) is 5.92 Å². The molecule has 1 aliphatic rings. The van der Waals surface area contributed by atoms with E-state index in [2.05, 4.69) is 18.8 Å². The van der Waals surface area contributed by atoms with Crippen molar-refractivity contribution in [3.63, 3.8) is 0 Å². The molecule has 0 heterocycles. The third kappa shape index (κ3) is 5.82. The van der Waals surface area contributed by atoms with E-state index in [0.29, 0.717) is 12.2 Å². The van der Waals surface area contributed by atoms with Gasteiger partial charge in [-0.05, 0) is 73.4 Å². The fourth-order valence-electron chi connectivity index (χ4n) is 4.00. The average molecular weight is 397 g/mol. The zero-order valence-corrected chi connectivity index (χ0v) is 17.4. The van der Waals surface area contributed by atoms with Crippen molar-refractivity contribution in [1.82, 2.24) is 0 Å². The van der Waals surface area contributed by atoms with E-state index in [1.54, 1.807) is 0 Å². The van der Waals surface area contributed by atoms with E-state index < -0.39 is 11.6 Å². The van der Waals surface area contributed by atoms with Crippen molar-refractivity contribution < 1.29 is 13.5 Å². The molecule has 0 amide bonds. The summed E-state index contributed by atoms with van der Waals surface area (Å²) in [6.07, 6.45) is 7.84. The maximum atomic E-state index is 14.6. The highest BCUT2D eigenvalue weighted by atomic mass is 19.1. The smallest absolute Gasteiger partial charge is 0.142 e. The molecule has 0 aliphatic heterocycles. The van der Waals surface area contributed by atoms with Gasteiger partial charge in [-0.2, -0.15) is 0 Å². The Kier molecular flexibility index (Phi) is 7.69. The first-order valence-corrected chi connectivity index (χ1v) is 10.8. The van der Waals surface area contributed by atoms with Crippen LogP contribution in [0.2, 0.25) is 0 Å². The van der Waals surface area contributed by atoms with Crippen LogP contribution in [0, 0.1) is 35.3 Å². The Morgan fingerprint density at radius 3 is 2.14 bits per heavy atom. The van der Waals surface area contributed by atoms with Crippen molar-refractivity contribution in [1.29, 1.82) is 0 Å². The van der Waals surface area contributed by atoms with Crippen molar-refractivity contribution in [2.45, 2.75) is 58.8 Å². The predicted octanol–water partition coefficient (Wildman–Crippen LogP) is 7.38. The average Bonchev–Trinajstić information content (AvgIpc) is 2.73. The molecule has 0 N–H and O–H groups in total. The Balaban J connectivity index is 1.70. The van der Waals surface area contributed by atoms with Crippen molar-refractivity contribution >= 4 is 0 Å². The zero-order chi connectivity index (χ0) is 20.6. The van der Waals surface area contributed by atoms with Gasteiger partial charge < -0.3 is 4.74 Å². The van der Waals surface area contributed by atoms with Crippen LogP contribution in [0.15, 0.2) is 36.4 Å². The zero-order valence-electron chi connectivity index (χ0n) is 17.4. The minimum absolute atomic E-state index is 0.118. The van der Waals surface area contributed by atoms with Gasteiger partial charge in [0.25, 0.3) is 0 Å². The second-order valence-corrected chi connectivity index (χ2v) is 7.96. The van der Waals surface area contributed by atoms with Crippen molar-refractivity contribution in [2.75, 3.05) is 6.61 Å². The molecule has 0 bridgehead atoms. The van der Waals surface area contributed by atoms with Crippen LogP contribution in [0.1, 0.15) is 64.4 Å². The van der Waals surface area contributed by atoms with Crippen molar-refractivity contribution in [3.05, 3.63) is 53.6 Å². The minimum atomic E-state index is -0.599. The lowest BCUT2D eigenvalue weighted by atomic mass is 9.80. The summed E-state index contributed by atoms with van der Waals surface area (Å²) in [5.41, 5.74) is 1.14. The van der Waals surface area contributed by atoms with Crippen LogP contribution in [0.5, 0.6) is 5.75 Å². The van der Waals surface area contributed by atoms with Crippen LogP contribution >= 0.6 is 0 Å². The molecule has 1 aliphatic carbocycles. The van der Waals surface area contributed by atoms with Crippen LogP contribution in [-0.2, 0) is 0 Å². The van der Waals surface area contributed by atoms with E-state index in [1.165, 1.54) is 37.8 Å². The highest BCUT2D eigenvalue weighted by Crippen LogP contribution is 2.31. The van der Waals surface area contributed by atoms with Gasteiger partial charge in [-0.1, -0.05) is 50.7 Å². The van der Waals surface area contributed by atoms with E-state index >= 15 is 0 Å². The molecule has 154 valence electrons. The van der Waals surface area contributed by atoms with Gasteiger partial charge in [0.2, 0.25) is 0 Å². The van der Waals surface area contributed by atoms with Gasteiger partial charge in [-0.3, -0.25) is 0 Å². The number of ether oxygens (including phenoxy) is 1. The largest absolute Gasteiger partial charge is 0.494 e. The first-order valence-electron chi connectivity index (χ1n) is 10.8. The second kappa shape index (κ2) is 10.4. The molecular weight excluding hydrogens is 366 g/mol. The first kappa shape index (κ1) is 21.4. The Morgan fingerprint density at radius 2 is 1.55 bits per heavy atom. The van der Waals surface area contributed by atoms with E-state index in [9.17, 15) is 8.78 Å². The summed E-state index contributed by atoms with van der Waals surface area (Å²) < 4.78 is 34.7. The quantitative estimate of drug-likeness (QED) is 0.463. The molecule has 0 atom stereocenters. The Hall–Kier alpha value is -2.34. The lowest BCUT2D eigenvalue weighted by Crippen LogP contribution is -2.13. The van der Waals surface area contributed by atoms with E-state index in [1.807, 2.05) is 31.2 Å². The molecular formula is C26H30F2O. The molecule has 2 aromatic carbocycles. The third-order valence-corrected chi connectivity index (χ3v) is 5.65. The molecule has 1 saturated carbocycles. The molecule has 0 saturated heterocycles. The minimum Gasteiger partial charge on any atom is -0.494 e. The maximum Gasteiger partial charge on any atom is 0.142 e. The van der Waals surface area contributed by atoms with Gasteiger partial charge in [0.05, 0.1) is 12.2 Å². The number of benzene rings is 2. The molecule has 2 aromatic rings. The first-order chi connectivity index (χ1) is 14.1. The van der Waals surface area contributed by atoms with Crippen LogP contribution in [0.25, 0.3) is 11.1 Å². The van der Waals surface area contributed by atoms with Gasteiger partial charge >= 0.3 is 0 Å². The Morgan fingerprint density at radius 1 is 0.897 bits per heavy atom. The number of halogens is 2. The highest BCUT2D eigenvalue weighted by Gasteiger charge is 2.19. The van der Waals surface area contributed by atoms with Crippen LogP contribution < -0.4 is 4.74 Å². The van der Waals surface area contributed by atoms with Gasteiger partial charge in [0.15, 0.2) is 0 Å². The number of hydrogen-bond acceptors (Lipinski definition) is 1. The summed E-state index contributed by atoms with van der Waals surface area (Å²) in [4.78, 5) is 0. The lowest BCUT2D eigenvalue weighted by Gasteiger charge is -2.25. The topological polar surface area (TPSA) is 9.23 Å². The normalized spacial score (nSPS) is 18.8. The second-order valence-electron chi connectivity index (χ2n) is 7.96. The summed E-state index contributed by atoms with van der Waals surface area (Å²) in [5, 5.41) is 0. The maximum absolute atomic E-state index is 14.6. The molecule has 0 aromatic heterocycles. The number of hydrogen-bond donors (Lipinski definition) is 0. The molecule has 3 rings (SSSR count). The van der Waals surface area contributed by atoms with Gasteiger partial charge in [0.1, 0.15) is 17.4 Å². The lowest BCUT2D eigenvalue weighted by molar-refractivity contribution is 0.300. The summed E-state index contributed by atoms with van der Waals surface area (Å²) in [7, 11) is 0. The molecule has 0 unspecified atom stereocenters. The van der Waals surface area contributed by atoms with E-state index in [0.717, 1.165) is 36.5 Å². The van der Waals surface area contributed by atoms with Crippen molar-refractivity contribution in [3.8, 4) is 28.7 Å². The van der Waals surface area contributed by atoms with E-state index in [4.69, 9.17) is 4.74 Å². The summed E-state index contributed by atoms with van der Waals surface area (Å²) in [5.74, 6) is 6.51. The molecule has 1 fully saturated rings. The Labute approximate surface area is 173 Å². The molecule has 0 spiro atoms. The van der Waals surface area contributed by atoms with Crippen LogP contribution in [0.3, 0.4) is 0 Å². The SMILES string of the molecule is CCCOc1ccc(-c2cc(F)c(C#C[C@H]3CC[C@H](CCC)CC3)c(F)c2)cc1. The van der Waals surface area contributed by atoms with Gasteiger partial charge in [-0.15, -0.1) is 0 Å². The van der Waals surface area contributed by atoms with Crippen LogP contribution in [-0.4, -0.2) is 6.61 Å². The monoisotopic (exact) mass is 396 g/mol. The molecule has 0 radical (unpaired) electrons. The molecule has 3 heteroatoms. The van der Waals surface area contributed by atoms with Gasteiger partial charge in [-0.25, -0.2) is 8.78 Å². The summed E-state index contributed by atoms with van der Waals surface area (Å²) >= 11 is 0. The number of rotatable bonds is 6. The third-order valence-electron chi connectivity index (χ3n) is 5.65. The summed E-state index contributed by atoms with van der Waals surface area (Å²) in [6, 6.07) is 10.0. The fraction of sp³-hybridized carbons (Fsp3) is 0.462.